The van der Waals surface area contributed by atoms with Crippen molar-refractivity contribution in [1.29, 1.82) is 0 Å². The highest BCUT2D eigenvalue weighted by molar-refractivity contribution is 5.83. The molecular formula is C19H27FN4O. The van der Waals surface area contributed by atoms with E-state index in [0.717, 1.165) is 29.8 Å². The molecule has 2 rings (SSSR count). The molecule has 6 heteroatoms. The lowest BCUT2D eigenvalue weighted by Gasteiger charge is -2.28. The summed E-state index contributed by atoms with van der Waals surface area (Å²) in [5.74, 6) is -0.287. The van der Waals surface area contributed by atoms with Crippen molar-refractivity contribution in [2.24, 2.45) is 0 Å². The third kappa shape index (κ3) is 4.66. The molecule has 0 aliphatic carbocycles. The van der Waals surface area contributed by atoms with E-state index in [9.17, 15) is 9.18 Å². The monoisotopic (exact) mass is 346 g/mol. The van der Waals surface area contributed by atoms with Crippen LogP contribution < -0.4 is 0 Å². The summed E-state index contributed by atoms with van der Waals surface area (Å²) in [5, 5.41) is 7.19. The van der Waals surface area contributed by atoms with E-state index in [4.69, 9.17) is 0 Å². The van der Waals surface area contributed by atoms with Crippen LogP contribution in [0.5, 0.6) is 0 Å². The fourth-order valence-electron chi connectivity index (χ4n) is 3.06. The third-order valence-corrected chi connectivity index (χ3v) is 4.51. The van der Waals surface area contributed by atoms with Crippen LogP contribution in [0.3, 0.4) is 0 Å². The molecule has 0 unspecified atom stereocenters. The molecule has 1 heterocycles. The fraction of sp³-hybridized carbons (Fsp3) is 0.474. The summed E-state index contributed by atoms with van der Waals surface area (Å²) in [7, 11) is 5.54. The average Bonchev–Trinajstić information content (AvgIpc) is 2.88. The number of H-pyrrole nitrogens is 1. The van der Waals surface area contributed by atoms with Crippen LogP contribution in [0, 0.1) is 19.7 Å². The van der Waals surface area contributed by atoms with Crippen LogP contribution in [0.1, 0.15) is 35.0 Å². The van der Waals surface area contributed by atoms with Crippen molar-refractivity contribution in [2.75, 3.05) is 27.7 Å². The van der Waals surface area contributed by atoms with Crippen molar-refractivity contribution in [3.63, 3.8) is 0 Å². The Kier molecular flexibility index (Phi) is 6.31. The second-order valence-electron chi connectivity index (χ2n) is 6.69. The van der Waals surface area contributed by atoms with E-state index >= 15 is 0 Å². The molecule has 5 nitrogen and oxygen atoms in total. The number of hydrogen-bond donors (Lipinski definition) is 1. The van der Waals surface area contributed by atoms with Crippen LogP contribution in [0.25, 0.3) is 0 Å². The number of amides is 1. The quantitative estimate of drug-likeness (QED) is 0.839. The summed E-state index contributed by atoms with van der Waals surface area (Å²) < 4.78 is 13.2. The van der Waals surface area contributed by atoms with Gasteiger partial charge in [0.15, 0.2) is 0 Å². The summed E-state index contributed by atoms with van der Waals surface area (Å²) in [4.78, 5) is 16.5. The Balaban J connectivity index is 2.00. The van der Waals surface area contributed by atoms with Crippen LogP contribution in [0.4, 0.5) is 4.39 Å². The summed E-state index contributed by atoms with van der Waals surface area (Å²) in [5.41, 5.74) is 4.13. The first-order chi connectivity index (χ1) is 11.8. The van der Waals surface area contributed by atoms with Gasteiger partial charge in [-0.2, -0.15) is 5.10 Å². The van der Waals surface area contributed by atoms with Gasteiger partial charge in [0.25, 0.3) is 0 Å². The summed E-state index contributed by atoms with van der Waals surface area (Å²) in [6.45, 7) is 4.67. The minimum Gasteiger partial charge on any atom is -0.344 e. The van der Waals surface area contributed by atoms with E-state index < -0.39 is 6.04 Å². The lowest BCUT2D eigenvalue weighted by atomic mass is 10.0. The Morgan fingerprint density at radius 3 is 2.36 bits per heavy atom. The number of aromatic nitrogens is 2. The van der Waals surface area contributed by atoms with Crippen LogP contribution in [0.2, 0.25) is 0 Å². The van der Waals surface area contributed by atoms with E-state index in [1.807, 2.05) is 39.9 Å². The summed E-state index contributed by atoms with van der Waals surface area (Å²) in [6.07, 6.45) is 1.75. The number of likely N-dealkylation sites (N-methyl/N-ethyl adjacent to an activating group) is 2. The fourth-order valence-corrected chi connectivity index (χ4v) is 3.06. The van der Waals surface area contributed by atoms with Crippen LogP contribution in [-0.2, 0) is 11.2 Å². The smallest absolute Gasteiger partial charge is 0.244 e. The molecule has 0 bridgehead atoms. The topological polar surface area (TPSA) is 52.2 Å². The van der Waals surface area contributed by atoms with Gasteiger partial charge in [-0.25, -0.2) is 4.39 Å². The number of aromatic amines is 1. The molecule has 0 radical (unpaired) electrons. The highest BCUT2D eigenvalue weighted by Crippen LogP contribution is 2.21. The van der Waals surface area contributed by atoms with Crippen LogP contribution in [0.15, 0.2) is 24.3 Å². The number of benzene rings is 1. The second kappa shape index (κ2) is 8.25. The molecule has 2 aromatic rings. The standard InChI is InChI=1S/C19H27FN4O/c1-13-17(14(2)22-21-13)7-6-12-24(5)19(25)18(23(3)4)15-8-10-16(20)11-9-15/h8-11,18H,6-7,12H2,1-5H3,(H,21,22)/t18-/m0/s1. The predicted molar refractivity (Wildman–Crippen MR) is 96.8 cm³/mol. The Morgan fingerprint density at radius 1 is 1.20 bits per heavy atom. The van der Waals surface area contributed by atoms with Gasteiger partial charge < -0.3 is 4.90 Å². The molecule has 25 heavy (non-hydrogen) atoms. The van der Waals surface area contributed by atoms with Crippen molar-refractivity contribution in [3.05, 3.63) is 52.6 Å². The van der Waals surface area contributed by atoms with Gasteiger partial charge in [0, 0.05) is 19.3 Å². The molecule has 0 spiro atoms. The van der Waals surface area contributed by atoms with E-state index in [1.54, 1.807) is 17.0 Å². The lowest BCUT2D eigenvalue weighted by Crippen LogP contribution is -2.39. The Bertz CT molecular complexity index is 689. The van der Waals surface area contributed by atoms with Gasteiger partial charge in [0.1, 0.15) is 11.9 Å². The first kappa shape index (κ1) is 19.1. The van der Waals surface area contributed by atoms with E-state index in [1.165, 1.54) is 17.7 Å². The number of nitrogens with one attached hydrogen (secondary N) is 1. The zero-order valence-electron chi connectivity index (χ0n) is 15.6. The SMILES string of the molecule is Cc1n[nH]c(C)c1CCCN(C)C(=O)[C@H](c1ccc(F)cc1)N(C)C. The minimum absolute atomic E-state index is 0.0113. The number of hydrogen-bond acceptors (Lipinski definition) is 3. The van der Waals surface area contributed by atoms with Crippen molar-refractivity contribution < 1.29 is 9.18 Å². The van der Waals surface area contributed by atoms with Gasteiger partial charge in [0.2, 0.25) is 5.91 Å². The van der Waals surface area contributed by atoms with E-state index in [0.29, 0.717) is 6.54 Å². The molecule has 1 amide bonds. The molecular weight excluding hydrogens is 319 g/mol. The molecule has 1 aromatic carbocycles. The largest absolute Gasteiger partial charge is 0.344 e. The number of carbonyl (C=O) groups is 1. The predicted octanol–water partition coefficient (Wildman–Crippen LogP) is 2.86. The Morgan fingerprint density at radius 2 is 1.84 bits per heavy atom. The number of rotatable bonds is 7. The first-order valence-electron chi connectivity index (χ1n) is 8.48. The minimum atomic E-state index is -0.414. The maximum absolute atomic E-state index is 13.2. The normalized spacial score (nSPS) is 12.4. The zero-order chi connectivity index (χ0) is 18.6. The summed E-state index contributed by atoms with van der Waals surface area (Å²) in [6, 6.07) is 5.71. The van der Waals surface area contributed by atoms with E-state index in [-0.39, 0.29) is 11.7 Å². The highest BCUT2D eigenvalue weighted by Gasteiger charge is 2.25. The maximum atomic E-state index is 13.2. The second-order valence-corrected chi connectivity index (χ2v) is 6.69. The number of halogens is 1. The molecule has 136 valence electrons. The lowest BCUT2D eigenvalue weighted by molar-refractivity contribution is -0.135. The molecule has 1 N–H and O–H groups in total. The van der Waals surface area contributed by atoms with Crippen molar-refractivity contribution in [3.8, 4) is 0 Å². The zero-order valence-corrected chi connectivity index (χ0v) is 15.6. The van der Waals surface area contributed by atoms with Gasteiger partial charge in [-0.3, -0.25) is 14.8 Å². The van der Waals surface area contributed by atoms with Gasteiger partial charge in [0.05, 0.1) is 5.69 Å². The number of aryl methyl sites for hydroxylation is 2. The van der Waals surface area contributed by atoms with Gasteiger partial charge in [-0.15, -0.1) is 0 Å². The molecule has 0 fully saturated rings. The van der Waals surface area contributed by atoms with Gasteiger partial charge in [-0.1, -0.05) is 12.1 Å². The summed E-state index contributed by atoms with van der Waals surface area (Å²) >= 11 is 0. The molecule has 0 saturated carbocycles. The van der Waals surface area contributed by atoms with Gasteiger partial charge in [-0.05, 0) is 64.0 Å². The first-order valence-corrected chi connectivity index (χ1v) is 8.48. The molecule has 0 aliphatic heterocycles. The maximum Gasteiger partial charge on any atom is 0.244 e. The van der Waals surface area contributed by atoms with Crippen molar-refractivity contribution in [2.45, 2.75) is 32.7 Å². The Labute approximate surface area is 148 Å². The molecule has 0 saturated heterocycles. The van der Waals surface area contributed by atoms with E-state index in [2.05, 4.69) is 10.2 Å². The Hall–Kier alpha value is -2.21. The molecule has 1 atom stereocenters. The van der Waals surface area contributed by atoms with Crippen molar-refractivity contribution >= 4 is 5.91 Å². The number of carbonyl (C=O) groups excluding carboxylic acids is 1. The average molecular weight is 346 g/mol. The number of nitrogens with zero attached hydrogens (tertiary/aromatic N) is 3. The highest BCUT2D eigenvalue weighted by atomic mass is 19.1. The molecule has 1 aromatic heterocycles. The van der Waals surface area contributed by atoms with Crippen LogP contribution >= 0.6 is 0 Å². The van der Waals surface area contributed by atoms with Gasteiger partial charge >= 0.3 is 0 Å². The third-order valence-electron chi connectivity index (χ3n) is 4.51. The molecule has 0 aliphatic rings. The van der Waals surface area contributed by atoms with Crippen LogP contribution in [-0.4, -0.2) is 53.6 Å². The van der Waals surface area contributed by atoms with Crippen molar-refractivity contribution in [1.82, 2.24) is 20.0 Å².